The van der Waals surface area contributed by atoms with Crippen molar-refractivity contribution in [2.24, 2.45) is 5.10 Å². The van der Waals surface area contributed by atoms with Crippen LogP contribution < -0.4 is 20.8 Å². The molecule has 3 amide bonds. The SMILES string of the molecule is COc1cc(/C=N/NC(=O)C(=O)Nc2ccccc2C(=O)NC2CCCCC2)ccc1O. The minimum absolute atomic E-state index is 0.0285. The number of aromatic hydroxyl groups is 1. The van der Waals surface area contributed by atoms with Gasteiger partial charge in [0, 0.05) is 6.04 Å². The smallest absolute Gasteiger partial charge is 0.329 e. The van der Waals surface area contributed by atoms with Gasteiger partial charge in [-0.25, -0.2) is 5.43 Å². The van der Waals surface area contributed by atoms with Crippen molar-refractivity contribution in [3.63, 3.8) is 0 Å². The zero-order valence-corrected chi connectivity index (χ0v) is 17.8. The van der Waals surface area contributed by atoms with E-state index in [0.717, 1.165) is 25.7 Å². The monoisotopic (exact) mass is 438 g/mol. The number of nitrogens with one attached hydrogen (secondary N) is 3. The minimum Gasteiger partial charge on any atom is -0.504 e. The second kappa shape index (κ2) is 10.9. The van der Waals surface area contributed by atoms with E-state index in [1.807, 2.05) is 0 Å². The summed E-state index contributed by atoms with van der Waals surface area (Å²) >= 11 is 0. The maximum Gasteiger partial charge on any atom is 0.329 e. The third-order valence-corrected chi connectivity index (χ3v) is 5.15. The normalized spacial score (nSPS) is 14.0. The first-order chi connectivity index (χ1) is 15.5. The molecule has 2 aromatic carbocycles. The fraction of sp³-hybridized carbons (Fsp3) is 0.304. The van der Waals surface area contributed by atoms with Gasteiger partial charge >= 0.3 is 11.8 Å². The number of rotatable bonds is 6. The van der Waals surface area contributed by atoms with E-state index in [9.17, 15) is 19.5 Å². The van der Waals surface area contributed by atoms with Crippen LogP contribution >= 0.6 is 0 Å². The lowest BCUT2D eigenvalue weighted by Crippen LogP contribution is -2.37. The molecule has 1 aliphatic carbocycles. The summed E-state index contributed by atoms with van der Waals surface area (Å²) in [5, 5.41) is 18.8. The number of phenolic OH excluding ortho intramolecular Hbond substituents is 1. The largest absolute Gasteiger partial charge is 0.504 e. The Hall–Kier alpha value is -3.88. The number of carbonyl (C=O) groups is 3. The number of para-hydroxylation sites is 1. The van der Waals surface area contributed by atoms with Gasteiger partial charge in [0.25, 0.3) is 5.91 Å². The summed E-state index contributed by atoms with van der Waals surface area (Å²) in [6, 6.07) is 11.2. The fourth-order valence-electron chi connectivity index (χ4n) is 3.47. The first-order valence-electron chi connectivity index (χ1n) is 10.4. The zero-order valence-electron chi connectivity index (χ0n) is 17.8. The summed E-state index contributed by atoms with van der Waals surface area (Å²) in [4.78, 5) is 37.1. The average molecular weight is 438 g/mol. The number of nitrogens with zero attached hydrogens (tertiary/aromatic N) is 1. The quantitative estimate of drug-likeness (QED) is 0.313. The number of hydrazone groups is 1. The number of anilines is 1. The van der Waals surface area contributed by atoms with Crippen LogP contribution in [0.5, 0.6) is 11.5 Å². The molecule has 0 radical (unpaired) electrons. The molecular weight excluding hydrogens is 412 g/mol. The van der Waals surface area contributed by atoms with E-state index in [-0.39, 0.29) is 29.1 Å². The number of carbonyl (C=O) groups excluding carboxylic acids is 3. The number of ether oxygens (including phenoxy) is 1. The molecule has 1 aliphatic rings. The van der Waals surface area contributed by atoms with Crippen molar-refractivity contribution in [3.8, 4) is 11.5 Å². The Morgan fingerprint density at radius 1 is 1.06 bits per heavy atom. The van der Waals surface area contributed by atoms with Crippen molar-refractivity contribution in [2.45, 2.75) is 38.1 Å². The zero-order chi connectivity index (χ0) is 22.9. The highest BCUT2D eigenvalue weighted by Gasteiger charge is 2.20. The van der Waals surface area contributed by atoms with Gasteiger partial charge in [0.1, 0.15) is 0 Å². The van der Waals surface area contributed by atoms with E-state index in [1.54, 1.807) is 30.3 Å². The van der Waals surface area contributed by atoms with E-state index >= 15 is 0 Å². The molecule has 0 aliphatic heterocycles. The molecule has 32 heavy (non-hydrogen) atoms. The maximum absolute atomic E-state index is 12.7. The molecule has 0 atom stereocenters. The molecule has 0 spiro atoms. The van der Waals surface area contributed by atoms with E-state index in [0.29, 0.717) is 11.1 Å². The van der Waals surface area contributed by atoms with Crippen LogP contribution in [0.4, 0.5) is 5.69 Å². The van der Waals surface area contributed by atoms with Gasteiger partial charge in [0.05, 0.1) is 24.6 Å². The number of phenols is 1. The molecule has 1 saturated carbocycles. The van der Waals surface area contributed by atoms with Crippen LogP contribution in [0.3, 0.4) is 0 Å². The lowest BCUT2D eigenvalue weighted by atomic mass is 9.95. The third-order valence-electron chi connectivity index (χ3n) is 5.15. The predicted molar refractivity (Wildman–Crippen MR) is 120 cm³/mol. The molecule has 9 heteroatoms. The van der Waals surface area contributed by atoms with Crippen molar-refractivity contribution in [1.29, 1.82) is 0 Å². The molecule has 2 aromatic rings. The van der Waals surface area contributed by atoms with Crippen LogP contribution in [0.2, 0.25) is 0 Å². The Bertz CT molecular complexity index is 1020. The van der Waals surface area contributed by atoms with Crippen LogP contribution in [-0.2, 0) is 9.59 Å². The molecule has 9 nitrogen and oxygen atoms in total. The van der Waals surface area contributed by atoms with Gasteiger partial charge in [-0.1, -0.05) is 31.4 Å². The first-order valence-corrected chi connectivity index (χ1v) is 10.4. The first kappa shape index (κ1) is 22.8. The standard InChI is InChI=1S/C23H26N4O5/c1-32-20-13-15(11-12-19(20)28)14-24-27-23(31)22(30)26-18-10-6-5-9-17(18)21(29)25-16-7-3-2-4-8-16/h5-6,9-14,16,28H,2-4,7-8H2,1H3,(H,25,29)(H,26,30)(H,27,31)/b24-14+. The Labute approximate surface area is 185 Å². The summed E-state index contributed by atoms with van der Waals surface area (Å²) in [7, 11) is 1.41. The average Bonchev–Trinajstić information content (AvgIpc) is 2.81. The molecule has 0 heterocycles. The predicted octanol–water partition coefficient (Wildman–Crippen LogP) is 2.55. The van der Waals surface area contributed by atoms with Crippen molar-refractivity contribution in [2.75, 3.05) is 12.4 Å². The third kappa shape index (κ3) is 6.07. The molecule has 0 aromatic heterocycles. The van der Waals surface area contributed by atoms with E-state index < -0.39 is 11.8 Å². The van der Waals surface area contributed by atoms with Gasteiger partial charge in [-0.15, -0.1) is 0 Å². The maximum atomic E-state index is 12.7. The van der Waals surface area contributed by atoms with E-state index in [2.05, 4.69) is 21.2 Å². The summed E-state index contributed by atoms with van der Waals surface area (Å²) in [6.07, 6.45) is 6.53. The van der Waals surface area contributed by atoms with Crippen LogP contribution in [0.15, 0.2) is 47.6 Å². The van der Waals surface area contributed by atoms with Crippen molar-refractivity contribution in [1.82, 2.24) is 10.7 Å². The Morgan fingerprint density at radius 3 is 2.56 bits per heavy atom. The number of amides is 3. The highest BCUT2D eigenvalue weighted by molar-refractivity contribution is 6.40. The number of hydrogen-bond donors (Lipinski definition) is 4. The van der Waals surface area contributed by atoms with Crippen LogP contribution in [0.25, 0.3) is 0 Å². The Kier molecular flexibility index (Phi) is 7.80. The molecule has 3 rings (SSSR count). The second-order valence-corrected chi connectivity index (χ2v) is 7.44. The lowest BCUT2D eigenvalue weighted by molar-refractivity contribution is -0.136. The summed E-state index contributed by atoms with van der Waals surface area (Å²) in [5.41, 5.74) is 3.21. The van der Waals surface area contributed by atoms with E-state index in [1.165, 1.54) is 31.9 Å². The Morgan fingerprint density at radius 2 is 1.81 bits per heavy atom. The van der Waals surface area contributed by atoms with Crippen molar-refractivity contribution >= 4 is 29.6 Å². The van der Waals surface area contributed by atoms with Crippen LogP contribution in [0.1, 0.15) is 48.0 Å². The number of hydrogen-bond acceptors (Lipinski definition) is 6. The molecule has 4 N–H and O–H groups in total. The Balaban J connectivity index is 1.59. The number of benzene rings is 2. The summed E-state index contributed by atoms with van der Waals surface area (Å²) < 4.78 is 5.00. The molecule has 0 saturated heterocycles. The van der Waals surface area contributed by atoms with Crippen LogP contribution in [0, 0.1) is 0 Å². The van der Waals surface area contributed by atoms with Crippen molar-refractivity contribution in [3.05, 3.63) is 53.6 Å². The summed E-state index contributed by atoms with van der Waals surface area (Å²) in [5.74, 6) is -2.01. The number of methoxy groups -OCH3 is 1. The van der Waals surface area contributed by atoms with Gasteiger partial charge in [-0.3, -0.25) is 14.4 Å². The van der Waals surface area contributed by atoms with Gasteiger partial charge in [-0.05, 0) is 48.7 Å². The van der Waals surface area contributed by atoms with Gasteiger partial charge in [0.15, 0.2) is 11.5 Å². The fourth-order valence-corrected chi connectivity index (χ4v) is 3.47. The lowest BCUT2D eigenvalue weighted by Gasteiger charge is -2.23. The molecule has 168 valence electrons. The summed E-state index contributed by atoms with van der Waals surface area (Å²) in [6.45, 7) is 0. The second-order valence-electron chi connectivity index (χ2n) is 7.44. The van der Waals surface area contributed by atoms with Gasteiger partial charge < -0.3 is 20.5 Å². The van der Waals surface area contributed by atoms with Crippen LogP contribution in [-0.4, -0.2) is 42.2 Å². The van der Waals surface area contributed by atoms with Gasteiger partial charge in [-0.2, -0.15) is 5.10 Å². The molecule has 0 unspecified atom stereocenters. The minimum atomic E-state index is -0.991. The molecule has 0 bridgehead atoms. The van der Waals surface area contributed by atoms with Crippen molar-refractivity contribution < 1.29 is 24.2 Å². The highest BCUT2D eigenvalue weighted by atomic mass is 16.5. The van der Waals surface area contributed by atoms with E-state index in [4.69, 9.17) is 4.74 Å². The van der Waals surface area contributed by atoms with Gasteiger partial charge in [0.2, 0.25) is 0 Å². The highest BCUT2D eigenvalue weighted by Crippen LogP contribution is 2.25. The molecular formula is C23H26N4O5. The topological polar surface area (TPSA) is 129 Å². The molecule has 1 fully saturated rings.